The van der Waals surface area contributed by atoms with Crippen molar-refractivity contribution in [3.05, 3.63) is 30.5 Å². The number of nitrogen functional groups attached to an aromatic ring is 1. The van der Waals surface area contributed by atoms with E-state index in [1.54, 1.807) is 0 Å². The maximum atomic E-state index is 5.85. The summed E-state index contributed by atoms with van der Waals surface area (Å²) in [5.74, 6) is 3.91. The molecule has 0 amide bonds. The first-order valence-electron chi connectivity index (χ1n) is 7.72. The lowest BCUT2D eigenvalue weighted by Gasteiger charge is -2.13. The number of fused-ring (bicyclic) bond motifs is 6. The van der Waals surface area contributed by atoms with Gasteiger partial charge in [-0.3, -0.25) is 4.98 Å². The number of anilines is 2. The molecular formula is C17H19N3. The largest absolute Gasteiger partial charge is 0.399 e. The maximum Gasteiger partial charge on any atom is 0.0743 e. The second-order valence-corrected chi connectivity index (χ2v) is 6.79. The molecular weight excluding hydrogens is 246 g/mol. The first kappa shape index (κ1) is 11.0. The molecule has 3 aliphatic rings. The molecule has 0 saturated heterocycles. The first-order valence-corrected chi connectivity index (χ1v) is 7.72. The molecule has 3 fully saturated rings. The van der Waals surface area contributed by atoms with Crippen LogP contribution in [0.15, 0.2) is 30.5 Å². The number of benzene rings is 1. The van der Waals surface area contributed by atoms with Crippen LogP contribution in [0.2, 0.25) is 0 Å². The van der Waals surface area contributed by atoms with Gasteiger partial charge in [0, 0.05) is 29.0 Å². The highest BCUT2D eigenvalue weighted by Crippen LogP contribution is 2.66. The number of hydrogen-bond acceptors (Lipinski definition) is 3. The summed E-state index contributed by atoms with van der Waals surface area (Å²) in [4.78, 5) is 4.42. The average molecular weight is 265 g/mol. The molecule has 3 heteroatoms. The summed E-state index contributed by atoms with van der Waals surface area (Å²) in [6.07, 6.45) is 6.33. The van der Waals surface area contributed by atoms with Gasteiger partial charge in [-0.2, -0.15) is 0 Å². The Hall–Kier alpha value is -1.77. The molecule has 102 valence electrons. The van der Waals surface area contributed by atoms with Crippen molar-refractivity contribution < 1.29 is 0 Å². The van der Waals surface area contributed by atoms with E-state index < -0.39 is 0 Å². The van der Waals surface area contributed by atoms with Gasteiger partial charge in [-0.25, -0.2) is 0 Å². The van der Waals surface area contributed by atoms with E-state index in [9.17, 15) is 0 Å². The van der Waals surface area contributed by atoms with Crippen molar-refractivity contribution >= 4 is 22.3 Å². The fraction of sp³-hybridized carbons (Fsp3) is 0.471. The van der Waals surface area contributed by atoms with E-state index in [0.717, 1.165) is 34.9 Å². The predicted molar refractivity (Wildman–Crippen MR) is 81.4 cm³/mol. The number of nitrogens with one attached hydrogen (secondary N) is 1. The van der Waals surface area contributed by atoms with Gasteiger partial charge in [0.25, 0.3) is 0 Å². The van der Waals surface area contributed by atoms with Gasteiger partial charge < -0.3 is 11.1 Å². The molecule has 0 aliphatic heterocycles. The lowest BCUT2D eigenvalue weighted by Crippen LogP contribution is -2.13. The normalized spacial score (nSPS) is 37.1. The number of nitrogens with two attached hydrogens (primary N) is 1. The van der Waals surface area contributed by atoms with Crippen molar-refractivity contribution in [1.82, 2.24) is 4.98 Å². The lowest BCUT2D eigenvalue weighted by atomic mass is 10.0. The standard InChI is InChI=1S/C17H19N3/c18-11-3-4-12-13(5-6-19-14(12)8-11)20-17-15-9-1-2-10(7-9)16(15)17/h3-6,8-10,15-17H,1-2,7,18H2,(H,19,20). The van der Waals surface area contributed by atoms with Gasteiger partial charge in [0.2, 0.25) is 0 Å². The second-order valence-electron chi connectivity index (χ2n) is 6.79. The highest BCUT2D eigenvalue weighted by molar-refractivity contribution is 5.92. The predicted octanol–water partition coefficient (Wildman–Crippen LogP) is 3.27. The molecule has 1 aromatic carbocycles. The molecule has 20 heavy (non-hydrogen) atoms. The molecule has 3 saturated carbocycles. The molecule has 2 aromatic rings. The molecule has 1 aromatic heterocycles. The lowest BCUT2D eigenvalue weighted by molar-refractivity contribution is 0.456. The Morgan fingerprint density at radius 1 is 1.10 bits per heavy atom. The Labute approximate surface area is 118 Å². The summed E-state index contributed by atoms with van der Waals surface area (Å²) >= 11 is 0. The zero-order valence-corrected chi connectivity index (χ0v) is 11.4. The van der Waals surface area contributed by atoms with Crippen LogP contribution in [-0.2, 0) is 0 Å². The Morgan fingerprint density at radius 2 is 1.90 bits per heavy atom. The molecule has 0 spiro atoms. The van der Waals surface area contributed by atoms with Crippen molar-refractivity contribution in [2.24, 2.45) is 23.7 Å². The van der Waals surface area contributed by atoms with Gasteiger partial charge in [0.1, 0.15) is 0 Å². The fourth-order valence-corrected chi connectivity index (χ4v) is 4.99. The smallest absolute Gasteiger partial charge is 0.0743 e. The Morgan fingerprint density at radius 3 is 2.70 bits per heavy atom. The van der Waals surface area contributed by atoms with Crippen LogP contribution < -0.4 is 11.1 Å². The highest BCUT2D eigenvalue weighted by Gasteiger charge is 2.65. The van der Waals surface area contributed by atoms with Crippen LogP contribution in [0.4, 0.5) is 11.4 Å². The molecule has 4 atom stereocenters. The van der Waals surface area contributed by atoms with Crippen molar-refractivity contribution in [2.75, 3.05) is 11.1 Å². The molecule has 5 rings (SSSR count). The number of pyridine rings is 1. The minimum Gasteiger partial charge on any atom is -0.399 e. The molecule has 3 aliphatic carbocycles. The van der Waals surface area contributed by atoms with Crippen molar-refractivity contribution in [3.8, 4) is 0 Å². The van der Waals surface area contributed by atoms with E-state index >= 15 is 0 Å². The van der Waals surface area contributed by atoms with Crippen molar-refractivity contribution in [2.45, 2.75) is 25.3 Å². The van der Waals surface area contributed by atoms with Crippen LogP contribution in [0.1, 0.15) is 19.3 Å². The van der Waals surface area contributed by atoms with Gasteiger partial charge >= 0.3 is 0 Å². The topological polar surface area (TPSA) is 50.9 Å². The SMILES string of the molecule is Nc1ccc2c(NC3C4C5CCC(C5)C34)ccnc2c1. The summed E-state index contributed by atoms with van der Waals surface area (Å²) < 4.78 is 0. The van der Waals surface area contributed by atoms with Crippen LogP contribution in [0.5, 0.6) is 0 Å². The van der Waals surface area contributed by atoms with Gasteiger partial charge in [-0.15, -0.1) is 0 Å². The molecule has 2 bridgehead atoms. The summed E-state index contributed by atoms with van der Waals surface area (Å²) in [7, 11) is 0. The number of nitrogens with zero attached hydrogens (tertiary/aromatic N) is 1. The van der Waals surface area contributed by atoms with E-state index in [1.165, 1.54) is 30.3 Å². The third-order valence-corrected chi connectivity index (χ3v) is 5.82. The number of aromatic nitrogens is 1. The van der Waals surface area contributed by atoms with E-state index in [0.29, 0.717) is 6.04 Å². The summed E-state index contributed by atoms with van der Waals surface area (Å²) in [5, 5.41) is 4.99. The summed E-state index contributed by atoms with van der Waals surface area (Å²) in [6, 6.07) is 8.83. The maximum absolute atomic E-state index is 5.85. The van der Waals surface area contributed by atoms with E-state index in [4.69, 9.17) is 5.73 Å². The Bertz CT molecular complexity index is 680. The molecule has 3 nitrogen and oxygen atoms in total. The van der Waals surface area contributed by atoms with Crippen LogP contribution in [-0.4, -0.2) is 11.0 Å². The van der Waals surface area contributed by atoms with Gasteiger partial charge in [0.15, 0.2) is 0 Å². The van der Waals surface area contributed by atoms with Crippen LogP contribution in [0, 0.1) is 23.7 Å². The van der Waals surface area contributed by atoms with Crippen LogP contribution >= 0.6 is 0 Å². The molecule has 4 unspecified atom stereocenters. The van der Waals surface area contributed by atoms with Gasteiger partial charge in [0.05, 0.1) is 5.52 Å². The van der Waals surface area contributed by atoms with Gasteiger partial charge in [-0.05, 0) is 67.2 Å². The summed E-state index contributed by atoms with van der Waals surface area (Å²) in [6.45, 7) is 0. The van der Waals surface area contributed by atoms with E-state index in [2.05, 4.69) is 22.4 Å². The zero-order valence-electron chi connectivity index (χ0n) is 11.4. The monoisotopic (exact) mass is 265 g/mol. The Balaban J connectivity index is 1.48. The van der Waals surface area contributed by atoms with E-state index in [-0.39, 0.29) is 0 Å². The Kier molecular flexibility index (Phi) is 2.00. The zero-order chi connectivity index (χ0) is 13.3. The van der Waals surface area contributed by atoms with Crippen molar-refractivity contribution in [3.63, 3.8) is 0 Å². The highest BCUT2D eigenvalue weighted by atomic mass is 15.0. The first-order chi connectivity index (χ1) is 9.81. The average Bonchev–Trinajstić information content (AvgIpc) is 2.83. The third kappa shape index (κ3) is 1.38. The second kappa shape index (κ2) is 3.66. The summed E-state index contributed by atoms with van der Waals surface area (Å²) in [5.41, 5.74) is 8.85. The quantitative estimate of drug-likeness (QED) is 0.819. The number of hydrogen-bond donors (Lipinski definition) is 2. The minimum atomic E-state index is 0.712. The molecule has 1 heterocycles. The van der Waals surface area contributed by atoms with Crippen molar-refractivity contribution in [1.29, 1.82) is 0 Å². The van der Waals surface area contributed by atoms with Crippen LogP contribution in [0.3, 0.4) is 0 Å². The van der Waals surface area contributed by atoms with Crippen LogP contribution in [0.25, 0.3) is 10.9 Å². The fourth-order valence-electron chi connectivity index (χ4n) is 4.99. The molecule has 3 N–H and O–H groups in total. The molecule has 0 radical (unpaired) electrons. The third-order valence-electron chi connectivity index (χ3n) is 5.82. The van der Waals surface area contributed by atoms with E-state index in [1.807, 2.05) is 18.3 Å². The van der Waals surface area contributed by atoms with Gasteiger partial charge in [-0.1, -0.05) is 0 Å². The minimum absolute atomic E-state index is 0.712. The number of rotatable bonds is 2.